The Bertz CT molecular complexity index is 789. The molecule has 0 fully saturated rings. The second-order valence-corrected chi connectivity index (χ2v) is 5.19. The predicted octanol–water partition coefficient (Wildman–Crippen LogP) is 4.69. The van der Waals surface area contributed by atoms with Crippen LogP contribution in [-0.2, 0) is 4.79 Å². The summed E-state index contributed by atoms with van der Waals surface area (Å²) in [6.07, 6.45) is 2.31. The van der Waals surface area contributed by atoms with Crippen LogP contribution in [0, 0.1) is 15.9 Å². The van der Waals surface area contributed by atoms with Gasteiger partial charge in [-0.3, -0.25) is 14.9 Å². The number of halogens is 3. The van der Waals surface area contributed by atoms with Crippen LogP contribution in [0.4, 0.5) is 15.8 Å². The van der Waals surface area contributed by atoms with Crippen molar-refractivity contribution in [2.45, 2.75) is 0 Å². The molecule has 2 aromatic rings. The zero-order valence-electron chi connectivity index (χ0n) is 11.4. The molecule has 0 aromatic heterocycles. The minimum absolute atomic E-state index is 0.0184. The van der Waals surface area contributed by atoms with E-state index in [0.29, 0.717) is 0 Å². The fourth-order valence-electron chi connectivity index (χ4n) is 1.72. The Kier molecular flexibility index (Phi) is 5.31. The predicted molar refractivity (Wildman–Crippen MR) is 87.2 cm³/mol. The first kappa shape index (κ1) is 16.9. The number of nitrogens with one attached hydrogen (secondary N) is 1. The summed E-state index contributed by atoms with van der Waals surface area (Å²) in [5, 5.41) is 13.2. The highest BCUT2D eigenvalue weighted by Crippen LogP contribution is 2.26. The number of nitrogens with zero attached hydrogens (tertiary/aromatic N) is 1. The second kappa shape index (κ2) is 7.21. The summed E-state index contributed by atoms with van der Waals surface area (Å²) in [6.45, 7) is 0. The second-order valence-electron chi connectivity index (χ2n) is 4.38. The lowest BCUT2D eigenvalue weighted by Gasteiger charge is -2.05. The monoisotopic (exact) mass is 354 g/mol. The summed E-state index contributed by atoms with van der Waals surface area (Å²) < 4.78 is 13.6. The molecule has 0 heterocycles. The zero-order chi connectivity index (χ0) is 17.0. The van der Waals surface area contributed by atoms with Crippen molar-refractivity contribution in [3.8, 4) is 0 Å². The third-order valence-corrected chi connectivity index (χ3v) is 3.46. The lowest BCUT2D eigenvalue weighted by Crippen LogP contribution is -2.08. The van der Waals surface area contributed by atoms with E-state index in [4.69, 9.17) is 23.2 Å². The number of carbonyl (C=O) groups excluding carboxylic acids is 1. The third kappa shape index (κ3) is 4.28. The number of rotatable bonds is 4. The molecular formula is C15H9Cl2FN2O3. The van der Waals surface area contributed by atoms with Crippen molar-refractivity contribution in [3.63, 3.8) is 0 Å². The van der Waals surface area contributed by atoms with Crippen LogP contribution in [-0.4, -0.2) is 10.8 Å². The molecule has 0 saturated carbocycles. The number of anilines is 1. The van der Waals surface area contributed by atoms with Crippen LogP contribution in [0.15, 0.2) is 42.5 Å². The van der Waals surface area contributed by atoms with Crippen LogP contribution in [0.25, 0.3) is 6.08 Å². The van der Waals surface area contributed by atoms with Gasteiger partial charge in [-0.1, -0.05) is 29.3 Å². The largest absolute Gasteiger partial charge is 0.321 e. The van der Waals surface area contributed by atoms with Gasteiger partial charge in [-0.05, 0) is 24.3 Å². The molecular weight excluding hydrogens is 346 g/mol. The van der Waals surface area contributed by atoms with Gasteiger partial charge in [0.15, 0.2) is 0 Å². The fourth-order valence-corrected chi connectivity index (χ4v) is 2.17. The van der Waals surface area contributed by atoms with E-state index in [1.807, 2.05) is 0 Å². The number of carbonyl (C=O) groups is 1. The normalized spacial score (nSPS) is 10.7. The van der Waals surface area contributed by atoms with Crippen molar-refractivity contribution in [3.05, 3.63) is 74.0 Å². The van der Waals surface area contributed by atoms with Gasteiger partial charge in [0, 0.05) is 23.8 Å². The standard InChI is InChI=1S/C15H9Cl2FN2O3/c16-11-2-1-3-13(18)10(11)5-7-15(21)19-14-6-4-9(20(22)23)8-12(14)17/h1-8H,(H,19,21)/b7-5+. The molecule has 2 aromatic carbocycles. The molecule has 118 valence electrons. The van der Waals surface area contributed by atoms with E-state index < -0.39 is 16.6 Å². The van der Waals surface area contributed by atoms with Crippen LogP contribution in [0.2, 0.25) is 10.0 Å². The highest BCUT2D eigenvalue weighted by atomic mass is 35.5. The van der Waals surface area contributed by atoms with E-state index in [1.165, 1.54) is 36.4 Å². The van der Waals surface area contributed by atoms with E-state index in [-0.39, 0.29) is 27.0 Å². The van der Waals surface area contributed by atoms with Gasteiger partial charge in [0.2, 0.25) is 5.91 Å². The first-order valence-electron chi connectivity index (χ1n) is 6.25. The van der Waals surface area contributed by atoms with Gasteiger partial charge >= 0.3 is 0 Å². The number of hydrogen-bond donors (Lipinski definition) is 1. The highest BCUT2D eigenvalue weighted by Gasteiger charge is 2.11. The molecule has 8 heteroatoms. The minimum atomic E-state index is -0.600. The number of hydrogen-bond acceptors (Lipinski definition) is 3. The molecule has 0 aliphatic heterocycles. The number of nitro groups is 1. The molecule has 0 aliphatic carbocycles. The molecule has 2 rings (SSSR count). The van der Waals surface area contributed by atoms with Gasteiger partial charge < -0.3 is 5.32 Å². The Morgan fingerprint density at radius 3 is 2.57 bits per heavy atom. The van der Waals surface area contributed by atoms with E-state index >= 15 is 0 Å². The number of amides is 1. The maximum atomic E-state index is 13.6. The van der Waals surface area contributed by atoms with E-state index in [1.54, 1.807) is 0 Å². The summed E-state index contributed by atoms with van der Waals surface area (Å²) in [5.74, 6) is -1.14. The first-order valence-corrected chi connectivity index (χ1v) is 7.01. The molecule has 0 aliphatic rings. The lowest BCUT2D eigenvalue weighted by molar-refractivity contribution is -0.384. The first-order chi connectivity index (χ1) is 10.9. The Labute approximate surface area is 140 Å². The number of non-ortho nitro benzene ring substituents is 1. The van der Waals surface area contributed by atoms with Crippen molar-refractivity contribution in [1.29, 1.82) is 0 Å². The summed E-state index contributed by atoms with van der Waals surface area (Å²) in [7, 11) is 0. The van der Waals surface area contributed by atoms with E-state index in [2.05, 4.69) is 5.32 Å². The lowest BCUT2D eigenvalue weighted by atomic mass is 10.2. The Morgan fingerprint density at radius 1 is 1.22 bits per heavy atom. The maximum absolute atomic E-state index is 13.6. The van der Waals surface area contributed by atoms with Gasteiger partial charge in [-0.25, -0.2) is 4.39 Å². The molecule has 1 amide bonds. The molecule has 1 N–H and O–H groups in total. The van der Waals surface area contributed by atoms with Gasteiger partial charge in [-0.2, -0.15) is 0 Å². The van der Waals surface area contributed by atoms with Crippen LogP contribution >= 0.6 is 23.2 Å². The summed E-state index contributed by atoms with van der Waals surface area (Å²) >= 11 is 11.7. The molecule has 0 atom stereocenters. The maximum Gasteiger partial charge on any atom is 0.271 e. The molecule has 0 unspecified atom stereocenters. The SMILES string of the molecule is O=C(/C=C/c1c(F)cccc1Cl)Nc1ccc([N+](=O)[O-])cc1Cl. The summed E-state index contributed by atoms with van der Waals surface area (Å²) in [5.41, 5.74) is 0.0901. The van der Waals surface area contributed by atoms with Crippen molar-refractivity contribution < 1.29 is 14.1 Å². The van der Waals surface area contributed by atoms with Gasteiger partial charge in [0.05, 0.1) is 20.7 Å². The van der Waals surface area contributed by atoms with E-state index in [0.717, 1.165) is 12.1 Å². The van der Waals surface area contributed by atoms with Crippen molar-refractivity contribution in [2.75, 3.05) is 5.32 Å². The molecule has 23 heavy (non-hydrogen) atoms. The zero-order valence-corrected chi connectivity index (χ0v) is 12.9. The van der Waals surface area contributed by atoms with Gasteiger partial charge in [0.1, 0.15) is 5.82 Å². The summed E-state index contributed by atoms with van der Waals surface area (Å²) in [6, 6.07) is 7.80. The molecule has 0 bridgehead atoms. The van der Waals surface area contributed by atoms with Crippen LogP contribution in [0.5, 0.6) is 0 Å². The molecule has 0 spiro atoms. The summed E-state index contributed by atoms with van der Waals surface area (Å²) in [4.78, 5) is 21.8. The topological polar surface area (TPSA) is 72.2 Å². The Morgan fingerprint density at radius 2 is 1.96 bits per heavy atom. The third-order valence-electron chi connectivity index (χ3n) is 2.82. The Balaban J connectivity index is 2.14. The van der Waals surface area contributed by atoms with Crippen molar-refractivity contribution >= 4 is 46.6 Å². The average molecular weight is 355 g/mol. The highest BCUT2D eigenvalue weighted by molar-refractivity contribution is 6.34. The molecule has 0 radical (unpaired) electrons. The van der Waals surface area contributed by atoms with E-state index in [9.17, 15) is 19.3 Å². The minimum Gasteiger partial charge on any atom is -0.321 e. The quantitative estimate of drug-likeness (QED) is 0.491. The van der Waals surface area contributed by atoms with Crippen molar-refractivity contribution in [1.82, 2.24) is 0 Å². The van der Waals surface area contributed by atoms with Gasteiger partial charge in [0.25, 0.3) is 5.69 Å². The number of benzene rings is 2. The van der Waals surface area contributed by atoms with Crippen molar-refractivity contribution in [2.24, 2.45) is 0 Å². The van der Waals surface area contributed by atoms with Crippen LogP contribution in [0.1, 0.15) is 5.56 Å². The Hall–Kier alpha value is -2.44. The van der Waals surface area contributed by atoms with Gasteiger partial charge in [-0.15, -0.1) is 0 Å². The van der Waals surface area contributed by atoms with Crippen LogP contribution < -0.4 is 5.32 Å². The van der Waals surface area contributed by atoms with Crippen LogP contribution in [0.3, 0.4) is 0 Å². The fraction of sp³-hybridized carbons (Fsp3) is 0. The average Bonchev–Trinajstić information content (AvgIpc) is 2.48. The smallest absolute Gasteiger partial charge is 0.271 e. The molecule has 5 nitrogen and oxygen atoms in total. The number of nitro benzene ring substituents is 1. The molecule has 0 saturated heterocycles.